The Kier molecular flexibility index (Phi) is 24.1. The molecular weight excluding hydrogens is 414 g/mol. The molecule has 0 saturated carbocycles. The molecule has 0 aliphatic rings. The first-order valence-electron chi connectivity index (χ1n) is 14.2. The number of rotatable bonds is 23. The van der Waals surface area contributed by atoms with Crippen molar-refractivity contribution in [2.24, 2.45) is 5.73 Å². The summed E-state index contributed by atoms with van der Waals surface area (Å²) >= 11 is 0. The molecule has 198 valence electrons. The molecule has 3 nitrogen and oxygen atoms in total. The predicted molar refractivity (Wildman–Crippen MR) is 156 cm³/mol. The fourth-order valence-corrected chi connectivity index (χ4v) is 4.07. The molecule has 0 radical (unpaired) electrons. The smallest absolute Gasteiger partial charge is 0.00459 e. The van der Waals surface area contributed by atoms with Gasteiger partial charge in [0, 0.05) is 0 Å². The standard InChI is InChI=1S/C31H59N3/c1-28(18-12-20-30(3)22-14-25-33-5)16-8-9-17-29(2)19-13-21-31(4)23-15-27-34-26-11-7-6-10-24-32/h16-17,20-21,33-34H,6-15,18-19,22-27,32H2,1-5H3/b28-16?,29-17+,30-20+,31-21+. The van der Waals surface area contributed by atoms with E-state index in [9.17, 15) is 0 Å². The molecule has 0 atom stereocenters. The van der Waals surface area contributed by atoms with Gasteiger partial charge in [-0.2, -0.15) is 0 Å². The summed E-state index contributed by atoms with van der Waals surface area (Å²) in [4.78, 5) is 0. The first kappa shape index (κ1) is 32.8. The number of nitrogens with two attached hydrogens (primary N) is 1. The third kappa shape index (κ3) is 24.0. The molecule has 0 aliphatic carbocycles. The lowest BCUT2D eigenvalue weighted by atomic mass is 10.0. The van der Waals surface area contributed by atoms with E-state index in [0.29, 0.717) is 0 Å². The van der Waals surface area contributed by atoms with E-state index in [1.807, 2.05) is 7.05 Å². The summed E-state index contributed by atoms with van der Waals surface area (Å²) in [6, 6.07) is 0. The molecule has 34 heavy (non-hydrogen) atoms. The van der Waals surface area contributed by atoms with Gasteiger partial charge in [0.2, 0.25) is 0 Å². The maximum atomic E-state index is 5.53. The first-order valence-corrected chi connectivity index (χ1v) is 14.2. The van der Waals surface area contributed by atoms with Crippen LogP contribution in [0.5, 0.6) is 0 Å². The van der Waals surface area contributed by atoms with Crippen molar-refractivity contribution in [3.63, 3.8) is 0 Å². The molecule has 0 spiro atoms. The van der Waals surface area contributed by atoms with E-state index in [-0.39, 0.29) is 0 Å². The van der Waals surface area contributed by atoms with Gasteiger partial charge in [-0.25, -0.2) is 0 Å². The molecule has 3 heteroatoms. The maximum absolute atomic E-state index is 5.53. The van der Waals surface area contributed by atoms with Crippen molar-refractivity contribution in [1.82, 2.24) is 10.6 Å². The van der Waals surface area contributed by atoms with Crippen molar-refractivity contribution in [3.05, 3.63) is 46.6 Å². The van der Waals surface area contributed by atoms with Crippen molar-refractivity contribution >= 4 is 0 Å². The summed E-state index contributed by atoms with van der Waals surface area (Å²) in [5.41, 5.74) is 11.7. The van der Waals surface area contributed by atoms with Gasteiger partial charge in [0.05, 0.1) is 0 Å². The first-order chi connectivity index (χ1) is 16.5. The highest BCUT2D eigenvalue weighted by Gasteiger charge is 1.95. The van der Waals surface area contributed by atoms with Crippen molar-refractivity contribution < 1.29 is 0 Å². The van der Waals surface area contributed by atoms with Crippen LogP contribution in [0.25, 0.3) is 0 Å². The Balaban J connectivity index is 3.82. The third-order valence-corrected chi connectivity index (χ3v) is 6.45. The van der Waals surface area contributed by atoms with Gasteiger partial charge in [-0.15, -0.1) is 0 Å². The fourth-order valence-electron chi connectivity index (χ4n) is 4.07. The Hall–Kier alpha value is -1.16. The molecule has 0 aromatic heterocycles. The quantitative estimate of drug-likeness (QED) is 0.104. The fraction of sp³-hybridized carbons (Fsp3) is 0.742. The lowest BCUT2D eigenvalue weighted by Crippen LogP contribution is -2.16. The lowest BCUT2D eigenvalue weighted by molar-refractivity contribution is 0.579. The second-order valence-electron chi connectivity index (χ2n) is 10.1. The van der Waals surface area contributed by atoms with E-state index >= 15 is 0 Å². The van der Waals surface area contributed by atoms with Crippen LogP contribution in [0.4, 0.5) is 0 Å². The van der Waals surface area contributed by atoms with Gasteiger partial charge in [0.15, 0.2) is 0 Å². The van der Waals surface area contributed by atoms with Crippen molar-refractivity contribution in [2.75, 3.05) is 33.2 Å². The molecule has 0 aromatic carbocycles. The minimum atomic E-state index is 0.835. The van der Waals surface area contributed by atoms with Crippen LogP contribution < -0.4 is 16.4 Å². The normalized spacial score (nSPS) is 13.7. The minimum Gasteiger partial charge on any atom is -0.330 e. The molecule has 0 aliphatic heterocycles. The Morgan fingerprint density at radius 3 is 1.50 bits per heavy atom. The molecule has 0 fully saturated rings. The zero-order chi connectivity index (χ0) is 25.3. The van der Waals surface area contributed by atoms with Crippen LogP contribution in [0.15, 0.2) is 46.6 Å². The predicted octanol–water partition coefficient (Wildman–Crippen LogP) is 8.00. The second-order valence-corrected chi connectivity index (χ2v) is 10.1. The minimum absolute atomic E-state index is 0.835. The highest BCUT2D eigenvalue weighted by atomic mass is 14.8. The van der Waals surface area contributed by atoms with Gasteiger partial charge in [0.25, 0.3) is 0 Å². The summed E-state index contributed by atoms with van der Waals surface area (Å²) in [5.74, 6) is 0. The Bertz CT molecular complexity index is 583. The van der Waals surface area contributed by atoms with Crippen LogP contribution >= 0.6 is 0 Å². The average Bonchev–Trinajstić information content (AvgIpc) is 2.81. The van der Waals surface area contributed by atoms with Gasteiger partial charge in [-0.05, 0) is 138 Å². The number of nitrogens with one attached hydrogen (secondary N) is 2. The van der Waals surface area contributed by atoms with E-state index in [1.54, 1.807) is 5.57 Å². The van der Waals surface area contributed by atoms with Gasteiger partial charge in [-0.1, -0.05) is 59.4 Å². The molecule has 4 N–H and O–H groups in total. The van der Waals surface area contributed by atoms with E-state index in [4.69, 9.17) is 5.73 Å². The lowest BCUT2D eigenvalue weighted by Gasteiger charge is -2.05. The monoisotopic (exact) mass is 473 g/mol. The van der Waals surface area contributed by atoms with E-state index < -0.39 is 0 Å². The number of allylic oxidation sites excluding steroid dienone is 8. The second kappa shape index (κ2) is 24.9. The van der Waals surface area contributed by atoms with Crippen LogP contribution in [0.3, 0.4) is 0 Å². The number of hydrogen-bond acceptors (Lipinski definition) is 3. The summed E-state index contributed by atoms with van der Waals surface area (Å²) < 4.78 is 0. The molecule has 0 saturated heterocycles. The van der Waals surface area contributed by atoms with Crippen LogP contribution in [0.2, 0.25) is 0 Å². The summed E-state index contributed by atoms with van der Waals surface area (Å²) in [6.45, 7) is 13.4. The Morgan fingerprint density at radius 1 is 0.529 bits per heavy atom. The molecule has 0 aromatic rings. The maximum Gasteiger partial charge on any atom is -0.00459 e. The molecular formula is C31H59N3. The van der Waals surface area contributed by atoms with Gasteiger partial charge < -0.3 is 16.4 Å². The van der Waals surface area contributed by atoms with Crippen molar-refractivity contribution in [3.8, 4) is 0 Å². The summed E-state index contributed by atoms with van der Waals surface area (Å²) in [7, 11) is 2.03. The molecule has 0 heterocycles. The molecule has 0 amide bonds. The zero-order valence-corrected chi connectivity index (χ0v) is 23.6. The average molecular weight is 474 g/mol. The van der Waals surface area contributed by atoms with Crippen LogP contribution in [0, 0.1) is 0 Å². The van der Waals surface area contributed by atoms with E-state index in [2.05, 4.69) is 62.6 Å². The SMILES string of the molecule is CNCCC/C(C)=C/CCC(C)=CCC/C=C(\C)CC/C=C(\C)CCCNCCCCCCN. The van der Waals surface area contributed by atoms with E-state index in [1.165, 1.54) is 107 Å². The van der Waals surface area contributed by atoms with Gasteiger partial charge in [-0.3, -0.25) is 0 Å². The van der Waals surface area contributed by atoms with Crippen molar-refractivity contribution in [1.29, 1.82) is 0 Å². The largest absolute Gasteiger partial charge is 0.330 e. The van der Waals surface area contributed by atoms with Crippen LogP contribution in [0.1, 0.15) is 118 Å². The summed E-state index contributed by atoms with van der Waals surface area (Å²) in [6.07, 6.45) is 26.8. The Labute approximate surface area is 213 Å². The highest BCUT2D eigenvalue weighted by Crippen LogP contribution is 2.13. The molecule has 0 unspecified atom stereocenters. The Morgan fingerprint density at radius 2 is 0.971 bits per heavy atom. The van der Waals surface area contributed by atoms with Gasteiger partial charge in [0.1, 0.15) is 0 Å². The highest BCUT2D eigenvalue weighted by molar-refractivity contribution is 5.06. The molecule has 0 rings (SSSR count). The summed E-state index contributed by atoms with van der Waals surface area (Å²) in [5, 5.41) is 6.80. The molecule has 0 bridgehead atoms. The zero-order valence-electron chi connectivity index (χ0n) is 23.6. The van der Waals surface area contributed by atoms with Crippen LogP contribution in [-0.4, -0.2) is 33.2 Å². The number of hydrogen-bond donors (Lipinski definition) is 3. The van der Waals surface area contributed by atoms with Gasteiger partial charge >= 0.3 is 0 Å². The topological polar surface area (TPSA) is 50.1 Å². The number of unbranched alkanes of at least 4 members (excludes halogenated alkanes) is 4. The van der Waals surface area contributed by atoms with E-state index in [0.717, 1.165) is 26.2 Å². The third-order valence-electron chi connectivity index (χ3n) is 6.45. The van der Waals surface area contributed by atoms with Crippen LogP contribution in [-0.2, 0) is 0 Å². The van der Waals surface area contributed by atoms with Crippen molar-refractivity contribution in [2.45, 2.75) is 118 Å².